The SMILES string of the molecule is CC(C)C[C@H](NC(=O)O)[C@@H](O)CC(=O)O. The molecule has 0 saturated carbocycles. The first-order valence-electron chi connectivity index (χ1n) is 4.72. The Bertz CT molecular complexity index is 229. The number of aliphatic carboxylic acids is 1. The molecule has 4 N–H and O–H groups in total. The van der Waals surface area contributed by atoms with Gasteiger partial charge in [0, 0.05) is 0 Å². The van der Waals surface area contributed by atoms with Gasteiger partial charge in [0.05, 0.1) is 18.6 Å². The first kappa shape index (κ1) is 13.7. The monoisotopic (exact) mass is 219 g/mol. The van der Waals surface area contributed by atoms with Crippen LogP contribution in [0.15, 0.2) is 0 Å². The van der Waals surface area contributed by atoms with Crippen molar-refractivity contribution < 1.29 is 24.9 Å². The van der Waals surface area contributed by atoms with E-state index in [0.717, 1.165) is 0 Å². The first-order chi connectivity index (χ1) is 6.82. The average Bonchev–Trinajstić information content (AvgIpc) is 1.99. The lowest BCUT2D eigenvalue weighted by molar-refractivity contribution is -0.139. The molecule has 0 aliphatic rings. The standard InChI is InChI=1S/C9H17NO5/c1-5(2)3-6(10-9(14)15)7(11)4-8(12)13/h5-7,10-11H,3-4H2,1-2H3,(H,12,13)(H,14,15)/t6-,7-/m0/s1. The van der Waals surface area contributed by atoms with Crippen LogP contribution in [-0.4, -0.2) is 39.5 Å². The van der Waals surface area contributed by atoms with Crippen LogP contribution in [0.25, 0.3) is 0 Å². The lowest BCUT2D eigenvalue weighted by Crippen LogP contribution is -2.44. The highest BCUT2D eigenvalue weighted by atomic mass is 16.4. The molecule has 0 fully saturated rings. The Morgan fingerprint density at radius 3 is 2.13 bits per heavy atom. The van der Waals surface area contributed by atoms with E-state index in [2.05, 4.69) is 5.32 Å². The minimum Gasteiger partial charge on any atom is -0.481 e. The van der Waals surface area contributed by atoms with Gasteiger partial charge in [0.1, 0.15) is 0 Å². The second-order valence-corrected chi connectivity index (χ2v) is 3.85. The van der Waals surface area contributed by atoms with E-state index < -0.39 is 30.6 Å². The van der Waals surface area contributed by atoms with Crippen LogP contribution in [0.2, 0.25) is 0 Å². The van der Waals surface area contributed by atoms with Crippen molar-refractivity contribution in [1.82, 2.24) is 5.32 Å². The van der Waals surface area contributed by atoms with Gasteiger partial charge in [-0.15, -0.1) is 0 Å². The summed E-state index contributed by atoms with van der Waals surface area (Å²) in [5, 5.41) is 28.6. The van der Waals surface area contributed by atoms with Crippen LogP contribution in [-0.2, 0) is 4.79 Å². The quantitative estimate of drug-likeness (QED) is 0.520. The summed E-state index contributed by atoms with van der Waals surface area (Å²) in [7, 11) is 0. The molecule has 0 spiro atoms. The van der Waals surface area contributed by atoms with E-state index in [1.807, 2.05) is 13.8 Å². The summed E-state index contributed by atoms with van der Waals surface area (Å²) < 4.78 is 0. The van der Waals surface area contributed by atoms with Crippen molar-refractivity contribution >= 4 is 12.1 Å². The third-order valence-electron chi connectivity index (χ3n) is 1.88. The van der Waals surface area contributed by atoms with Gasteiger partial charge in [0.2, 0.25) is 0 Å². The third-order valence-corrected chi connectivity index (χ3v) is 1.88. The number of rotatable bonds is 6. The Hall–Kier alpha value is -1.30. The first-order valence-corrected chi connectivity index (χ1v) is 4.72. The molecule has 88 valence electrons. The van der Waals surface area contributed by atoms with E-state index >= 15 is 0 Å². The molecule has 0 rings (SSSR count). The van der Waals surface area contributed by atoms with E-state index in [1.54, 1.807) is 0 Å². The van der Waals surface area contributed by atoms with Gasteiger partial charge in [0.25, 0.3) is 0 Å². The highest BCUT2D eigenvalue weighted by Crippen LogP contribution is 2.10. The van der Waals surface area contributed by atoms with Gasteiger partial charge >= 0.3 is 12.1 Å². The van der Waals surface area contributed by atoms with Gasteiger partial charge in [-0.2, -0.15) is 0 Å². The topological polar surface area (TPSA) is 107 Å². The summed E-state index contributed by atoms with van der Waals surface area (Å²) in [4.78, 5) is 20.8. The molecule has 0 unspecified atom stereocenters. The Balaban J connectivity index is 4.32. The summed E-state index contributed by atoms with van der Waals surface area (Å²) in [6.07, 6.45) is -2.51. The summed E-state index contributed by atoms with van der Waals surface area (Å²) in [5.74, 6) is -0.978. The Morgan fingerprint density at radius 2 is 1.80 bits per heavy atom. The summed E-state index contributed by atoms with van der Waals surface area (Å²) in [6, 6.07) is -0.737. The van der Waals surface area contributed by atoms with Crippen molar-refractivity contribution in [3.63, 3.8) is 0 Å². The van der Waals surface area contributed by atoms with Crippen LogP contribution < -0.4 is 5.32 Å². The van der Waals surface area contributed by atoms with Gasteiger partial charge in [0.15, 0.2) is 0 Å². The van der Waals surface area contributed by atoms with E-state index in [0.29, 0.717) is 6.42 Å². The second-order valence-electron chi connectivity index (χ2n) is 3.85. The van der Waals surface area contributed by atoms with Crippen LogP contribution in [0.4, 0.5) is 4.79 Å². The van der Waals surface area contributed by atoms with Crippen molar-refractivity contribution in [1.29, 1.82) is 0 Å². The van der Waals surface area contributed by atoms with E-state index in [-0.39, 0.29) is 5.92 Å². The van der Waals surface area contributed by atoms with Crippen LogP contribution in [0.5, 0.6) is 0 Å². The van der Waals surface area contributed by atoms with Crippen molar-refractivity contribution in [3.8, 4) is 0 Å². The molecule has 0 heterocycles. The maximum absolute atomic E-state index is 10.4. The van der Waals surface area contributed by atoms with Crippen LogP contribution >= 0.6 is 0 Å². The summed E-state index contributed by atoms with van der Waals surface area (Å²) in [6.45, 7) is 3.73. The van der Waals surface area contributed by atoms with Crippen molar-refractivity contribution in [3.05, 3.63) is 0 Å². The fourth-order valence-electron chi connectivity index (χ4n) is 1.30. The molecule has 0 saturated heterocycles. The Labute approximate surface area is 87.9 Å². The molecule has 0 bridgehead atoms. The zero-order chi connectivity index (χ0) is 12.0. The number of hydrogen-bond donors (Lipinski definition) is 4. The van der Waals surface area contributed by atoms with Crippen LogP contribution in [0.1, 0.15) is 26.7 Å². The minimum absolute atomic E-state index is 0.172. The van der Waals surface area contributed by atoms with Crippen molar-refractivity contribution in [2.75, 3.05) is 0 Å². The van der Waals surface area contributed by atoms with Gasteiger partial charge in [-0.05, 0) is 12.3 Å². The van der Waals surface area contributed by atoms with Crippen molar-refractivity contribution in [2.45, 2.75) is 38.8 Å². The van der Waals surface area contributed by atoms with E-state index in [9.17, 15) is 14.7 Å². The average molecular weight is 219 g/mol. The number of hydrogen-bond acceptors (Lipinski definition) is 3. The van der Waals surface area contributed by atoms with Crippen LogP contribution in [0, 0.1) is 5.92 Å². The highest BCUT2D eigenvalue weighted by molar-refractivity contribution is 5.68. The normalized spacial score (nSPS) is 14.7. The Kier molecular flexibility index (Phi) is 5.69. The zero-order valence-corrected chi connectivity index (χ0v) is 8.80. The maximum atomic E-state index is 10.4. The molecule has 0 aromatic carbocycles. The molecule has 0 radical (unpaired) electrons. The number of carboxylic acids is 1. The molecule has 0 aliphatic carbocycles. The highest BCUT2D eigenvalue weighted by Gasteiger charge is 2.24. The number of aliphatic hydroxyl groups excluding tert-OH is 1. The molecule has 0 aromatic heterocycles. The van der Waals surface area contributed by atoms with E-state index in [1.165, 1.54) is 0 Å². The largest absolute Gasteiger partial charge is 0.481 e. The fraction of sp³-hybridized carbons (Fsp3) is 0.778. The predicted molar refractivity (Wildman–Crippen MR) is 52.7 cm³/mol. The van der Waals surface area contributed by atoms with Crippen molar-refractivity contribution in [2.24, 2.45) is 5.92 Å². The molecule has 15 heavy (non-hydrogen) atoms. The van der Waals surface area contributed by atoms with E-state index in [4.69, 9.17) is 10.2 Å². The summed E-state index contributed by atoms with van der Waals surface area (Å²) >= 11 is 0. The smallest absolute Gasteiger partial charge is 0.404 e. The number of aliphatic hydroxyl groups is 1. The number of nitrogens with one attached hydrogen (secondary N) is 1. The van der Waals surface area contributed by atoms with Crippen LogP contribution in [0.3, 0.4) is 0 Å². The zero-order valence-electron chi connectivity index (χ0n) is 8.80. The molecular formula is C9H17NO5. The molecule has 0 aromatic rings. The minimum atomic E-state index is -1.26. The third kappa shape index (κ3) is 6.73. The predicted octanol–water partition coefficient (Wildman–Crippen LogP) is 0.504. The summed E-state index contributed by atoms with van der Waals surface area (Å²) in [5.41, 5.74) is 0. The second kappa shape index (κ2) is 6.23. The molecular weight excluding hydrogens is 202 g/mol. The Morgan fingerprint density at radius 1 is 1.27 bits per heavy atom. The number of carboxylic acid groups (broad SMARTS) is 2. The molecule has 6 heteroatoms. The number of amides is 1. The maximum Gasteiger partial charge on any atom is 0.404 e. The lowest BCUT2D eigenvalue weighted by Gasteiger charge is -2.23. The molecule has 2 atom stereocenters. The van der Waals surface area contributed by atoms with Gasteiger partial charge < -0.3 is 20.6 Å². The van der Waals surface area contributed by atoms with Gasteiger partial charge in [-0.3, -0.25) is 4.79 Å². The lowest BCUT2D eigenvalue weighted by atomic mass is 9.97. The van der Waals surface area contributed by atoms with Gasteiger partial charge in [-0.1, -0.05) is 13.8 Å². The molecule has 1 amide bonds. The molecule has 0 aliphatic heterocycles. The molecule has 6 nitrogen and oxygen atoms in total. The fourth-order valence-corrected chi connectivity index (χ4v) is 1.30. The van der Waals surface area contributed by atoms with Gasteiger partial charge in [-0.25, -0.2) is 4.79 Å². The number of carbonyl (C=O) groups is 2.